The van der Waals surface area contributed by atoms with Crippen molar-refractivity contribution in [3.8, 4) is 5.69 Å². The normalized spacial score (nSPS) is 16.6. The summed E-state index contributed by atoms with van der Waals surface area (Å²) in [5.74, 6) is 0. The van der Waals surface area contributed by atoms with E-state index in [1.54, 1.807) is 22.0 Å². The second-order valence-corrected chi connectivity index (χ2v) is 13.7. The van der Waals surface area contributed by atoms with Crippen LogP contribution in [0.15, 0.2) is 78.4 Å². The Hall–Kier alpha value is -1.25. The maximum absolute atomic E-state index is 2.52. The molecule has 4 aromatic rings. The summed E-state index contributed by atoms with van der Waals surface area (Å²) in [6.07, 6.45) is 0. The summed E-state index contributed by atoms with van der Waals surface area (Å²) >= 11 is 0. The fourth-order valence-electron chi connectivity index (χ4n) is 5.74. The van der Waals surface area contributed by atoms with E-state index in [1.807, 2.05) is 0 Å². The van der Waals surface area contributed by atoms with Crippen molar-refractivity contribution in [1.29, 1.82) is 0 Å². The van der Waals surface area contributed by atoms with Gasteiger partial charge in [0, 0.05) is 22.6 Å². The predicted octanol–water partition coefficient (Wildman–Crippen LogP) is 1.33. The Bertz CT molecular complexity index is 1230. The number of aromatic nitrogens is 1. The monoisotopic (exact) mass is 554 g/mol. The van der Waals surface area contributed by atoms with Gasteiger partial charge in [0.1, 0.15) is 0 Å². The minimum Gasteiger partial charge on any atom is -1.00 e. The van der Waals surface area contributed by atoms with Crippen LogP contribution in [0.5, 0.6) is 0 Å². The molecule has 2 bridgehead atoms. The maximum atomic E-state index is 2.52. The molecule has 5 heteroatoms. The Kier molecular flexibility index (Phi) is 8.38. The standard InChI is InChI=1S/C17H19NSi.C10H9.2ClH.Zr/c1-11-10-14-15(17-12(2)16(14)19(17,3)4)18(11)13-8-6-5-7-9-13;1-8-6-9-4-2-3-5-10(9)7-8;;;/h5-10,17H,1-4H3;2-7H,1H3;2*1H;/q;-1;;;+3/p-2. The van der Waals surface area contributed by atoms with Gasteiger partial charge < -0.3 is 29.4 Å². The number of hydrogen-bond acceptors (Lipinski definition) is 0. The third-order valence-electron chi connectivity index (χ3n) is 6.74. The number of hydrogen-bond donors (Lipinski definition) is 0. The van der Waals surface area contributed by atoms with Crippen molar-refractivity contribution in [2.45, 2.75) is 39.4 Å². The van der Waals surface area contributed by atoms with Crippen LogP contribution in [0.3, 0.4) is 0 Å². The zero-order valence-electron chi connectivity index (χ0n) is 19.2. The number of para-hydroxylation sites is 1. The molecular weight excluding hydrogens is 529 g/mol. The summed E-state index contributed by atoms with van der Waals surface area (Å²) in [4.78, 5) is 0. The zero-order valence-corrected chi connectivity index (χ0v) is 24.2. The number of fused-ring (bicyclic) bond motifs is 1. The van der Waals surface area contributed by atoms with Gasteiger partial charge in [-0.25, -0.2) is 0 Å². The molecule has 0 N–H and O–H groups in total. The molecule has 7 rings (SSSR count). The van der Waals surface area contributed by atoms with Crippen molar-refractivity contribution in [2.24, 2.45) is 0 Å². The second-order valence-electron chi connectivity index (χ2n) is 9.13. The van der Waals surface area contributed by atoms with Crippen molar-refractivity contribution in [1.82, 2.24) is 4.57 Å². The van der Waals surface area contributed by atoms with Gasteiger partial charge in [-0.3, -0.25) is 0 Å². The van der Waals surface area contributed by atoms with Crippen molar-refractivity contribution in [3.05, 3.63) is 101 Å². The van der Waals surface area contributed by atoms with E-state index in [-0.39, 0.29) is 51.0 Å². The number of benzene rings is 2. The van der Waals surface area contributed by atoms with E-state index in [4.69, 9.17) is 0 Å². The number of allylic oxidation sites excluding steroid dienone is 1. The molecule has 0 saturated carbocycles. The zero-order chi connectivity index (χ0) is 20.3. The van der Waals surface area contributed by atoms with Gasteiger partial charge >= 0.3 is 26.2 Å². The number of rotatable bonds is 1. The fourth-order valence-corrected chi connectivity index (χ4v) is 10.0. The van der Waals surface area contributed by atoms with E-state index < -0.39 is 8.07 Å². The molecule has 0 amide bonds. The van der Waals surface area contributed by atoms with Gasteiger partial charge in [0.15, 0.2) is 0 Å². The van der Waals surface area contributed by atoms with Crippen LogP contribution in [0.2, 0.25) is 13.1 Å². The molecule has 3 heterocycles. The Morgan fingerprint density at radius 2 is 1.47 bits per heavy atom. The topological polar surface area (TPSA) is 4.93 Å². The van der Waals surface area contributed by atoms with Crippen LogP contribution in [0.1, 0.15) is 35.0 Å². The van der Waals surface area contributed by atoms with Crippen molar-refractivity contribution < 1.29 is 51.0 Å². The van der Waals surface area contributed by atoms with E-state index >= 15 is 0 Å². The molecule has 0 fully saturated rings. The largest absolute Gasteiger partial charge is 3.00 e. The first-order valence-corrected chi connectivity index (χ1v) is 13.6. The van der Waals surface area contributed by atoms with E-state index in [0.717, 1.165) is 5.54 Å². The van der Waals surface area contributed by atoms with Gasteiger partial charge in [0.2, 0.25) is 0 Å². The molecule has 1 nitrogen and oxygen atoms in total. The van der Waals surface area contributed by atoms with Crippen LogP contribution in [0.4, 0.5) is 0 Å². The second kappa shape index (κ2) is 9.94. The first-order chi connectivity index (χ1) is 13.9. The fraction of sp³-hybridized carbons (Fsp3) is 0.222. The number of halogens is 2. The molecule has 2 aliphatic heterocycles. The summed E-state index contributed by atoms with van der Waals surface area (Å²) in [5, 5.41) is 4.42. The van der Waals surface area contributed by atoms with Crippen molar-refractivity contribution in [2.75, 3.05) is 0 Å². The quantitative estimate of drug-likeness (QED) is 0.246. The molecule has 1 aromatic heterocycles. The van der Waals surface area contributed by atoms with Crippen LogP contribution in [0, 0.1) is 13.8 Å². The summed E-state index contributed by atoms with van der Waals surface area (Å²) in [7, 11) is -1.19. The SMILES string of the molecule is CC1=C2c3cc(C)n(-c4ccccc4)c3C1[Si]2(C)C.Cc1cc2ccccc2[cH-]1.[Cl-].[Cl-].[Zr+3]. The minimum absolute atomic E-state index is 0. The van der Waals surface area contributed by atoms with Crippen LogP contribution in [0.25, 0.3) is 21.7 Å². The summed E-state index contributed by atoms with van der Waals surface area (Å²) < 4.78 is 2.48. The number of nitrogens with zero attached hydrogens (tertiary/aromatic N) is 1. The smallest absolute Gasteiger partial charge is 1.00 e. The van der Waals surface area contributed by atoms with E-state index in [2.05, 4.69) is 111 Å². The predicted molar refractivity (Wildman–Crippen MR) is 128 cm³/mol. The Labute approximate surface area is 224 Å². The van der Waals surface area contributed by atoms with Crippen molar-refractivity contribution >= 4 is 24.0 Å². The van der Waals surface area contributed by atoms with E-state index in [0.29, 0.717) is 0 Å². The molecule has 3 aromatic carbocycles. The van der Waals surface area contributed by atoms with Gasteiger partial charge in [0.25, 0.3) is 0 Å². The van der Waals surface area contributed by atoms with Gasteiger partial charge in [0.05, 0.1) is 8.07 Å². The molecule has 32 heavy (non-hydrogen) atoms. The van der Waals surface area contributed by atoms with E-state index in [9.17, 15) is 0 Å². The molecule has 1 radical (unpaired) electrons. The Morgan fingerprint density at radius 1 is 0.844 bits per heavy atom. The van der Waals surface area contributed by atoms with Gasteiger partial charge in [-0.1, -0.05) is 55.1 Å². The first kappa shape index (κ1) is 27.0. The third kappa shape index (κ3) is 4.07. The van der Waals surface area contributed by atoms with Crippen LogP contribution >= 0.6 is 0 Å². The molecule has 0 saturated heterocycles. The molecule has 163 valence electrons. The Balaban J connectivity index is 0.000000241. The van der Waals surface area contributed by atoms with Gasteiger partial charge in [-0.15, -0.1) is 40.6 Å². The molecule has 0 spiro atoms. The average Bonchev–Trinajstić information content (AvgIpc) is 3.36. The maximum Gasteiger partial charge on any atom is 3.00 e. The van der Waals surface area contributed by atoms with Gasteiger partial charge in [-0.05, 0) is 37.6 Å². The van der Waals surface area contributed by atoms with Crippen molar-refractivity contribution in [3.63, 3.8) is 0 Å². The molecular formula is C27H28Cl2NSiZr. The van der Waals surface area contributed by atoms with Gasteiger partial charge in [-0.2, -0.15) is 6.07 Å². The van der Waals surface area contributed by atoms with Crippen LogP contribution in [-0.2, 0) is 26.2 Å². The third-order valence-corrected chi connectivity index (χ3v) is 10.8. The average molecular weight is 557 g/mol. The molecule has 3 aliphatic rings. The van der Waals surface area contributed by atoms with E-state index in [1.165, 1.54) is 27.7 Å². The Morgan fingerprint density at radius 3 is 2.09 bits per heavy atom. The number of aryl methyl sites for hydroxylation is 2. The summed E-state index contributed by atoms with van der Waals surface area (Å²) in [5.41, 5.74) is 9.55. The van der Waals surface area contributed by atoms with Crippen LogP contribution in [-0.4, -0.2) is 12.6 Å². The molecule has 1 unspecified atom stereocenters. The van der Waals surface area contributed by atoms with Crippen LogP contribution < -0.4 is 24.8 Å². The summed E-state index contributed by atoms with van der Waals surface area (Å²) in [6, 6.07) is 26.0. The molecule has 1 atom stereocenters. The minimum atomic E-state index is -1.19. The first-order valence-electron chi connectivity index (χ1n) is 10.5. The summed E-state index contributed by atoms with van der Waals surface area (Å²) in [6.45, 7) is 11.7. The molecule has 1 aliphatic carbocycles.